The summed E-state index contributed by atoms with van der Waals surface area (Å²) >= 11 is 1.26. The van der Waals surface area contributed by atoms with Gasteiger partial charge in [0.15, 0.2) is 0 Å². The molecule has 0 saturated heterocycles. The van der Waals surface area contributed by atoms with Crippen LogP contribution in [0.4, 0.5) is 5.00 Å². The summed E-state index contributed by atoms with van der Waals surface area (Å²) in [6.45, 7) is 1.79. The molecule has 1 aromatic carbocycles. The first-order valence-corrected chi connectivity index (χ1v) is 8.18. The SMILES string of the molecule is COC(=O)c1c(NC(=O)C=CC(=O)[O-])sc(Cc2ccccc2)c1C. The summed E-state index contributed by atoms with van der Waals surface area (Å²) in [7, 11) is 1.26. The fraction of sp³-hybridized carbons (Fsp3) is 0.167. The summed E-state index contributed by atoms with van der Waals surface area (Å²) in [6, 6.07) is 9.70. The highest BCUT2D eigenvalue weighted by Gasteiger charge is 2.22. The highest BCUT2D eigenvalue weighted by molar-refractivity contribution is 7.17. The van der Waals surface area contributed by atoms with Gasteiger partial charge in [-0.15, -0.1) is 11.3 Å². The third-order valence-electron chi connectivity index (χ3n) is 3.45. The molecule has 25 heavy (non-hydrogen) atoms. The van der Waals surface area contributed by atoms with E-state index >= 15 is 0 Å². The van der Waals surface area contributed by atoms with Crippen LogP contribution < -0.4 is 10.4 Å². The molecule has 1 heterocycles. The third kappa shape index (κ3) is 4.77. The Kier molecular flexibility index (Phi) is 6.08. The average molecular weight is 358 g/mol. The minimum atomic E-state index is -1.48. The lowest BCUT2D eigenvalue weighted by Crippen LogP contribution is -2.20. The summed E-state index contributed by atoms with van der Waals surface area (Å²) < 4.78 is 4.80. The van der Waals surface area contributed by atoms with Crippen molar-refractivity contribution in [3.05, 3.63) is 64.1 Å². The van der Waals surface area contributed by atoms with E-state index in [-0.39, 0.29) is 5.56 Å². The smallest absolute Gasteiger partial charge is 0.341 e. The maximum atomic E-state index is 12.1. The number of aliphatic carboxylic acids is 1. The van der Waals surface area contributed by atoms with Gasteiger partial charge in [0.05, 0.1) is 18.6 Å². The van der Waals surface area contributed by atoms with Crippen LogP contribution in [-0.2, 0) is 20.7 Å². The van der Waals surface area contributed by atoms with E-state index in [4.69, 9.17) is 4.74 Å². The van der Waals surface area contributed by atoms with Gasteiger partial charge in [-0.1, -0.05) is 30.3 Å². The van der Waals surface area contributed by atoms with E-state index < -0.39 is 17.8 Å². The quantitative estimate of drug-likeness (QED) is 0.626. The predicted molar refractivity (Wildman–Crippen MR) is 92.4 cm³/mol. The molecule has 0 bridgehead atoms. The van der Waals surface area contributed by atoms with E-state index in [2.05, 4.69) is 5.32 Å². The Balaban J connectivity index is 2.34. The van der Waals surface area contributed by atoms with Gasteiger partial charge in [-0.25, -0.2) is 4.79 Å². The first kappa shape index (κ1) is 18.4. The number of esters is 1. The molecule has 7 heteroatoms. The van der Waals surface area contributed by atoms with Crippen molar-refractivity contribution < 1.29 is 24.2 Å². The van der Waals surface area contributed by atoms with Gasteiger partial charge >= 0.3 is 5.97 Å². The van der Waals surface area contributed by atoms with Crippen LogP contribution in [-0.4, -0.2) is 25.0 Å². The van der Waals surface area contributed by atoms with Crippen LogP contribution in [0.15, 0.2) is 42.5 Å². The molecule has 0 aliphatic heterocycles. The Labute approximate surface area is 148 Å². The van der Waals surface area contributed by atoms with E-state index in [9.17, 15) is 19.5 Å². The highest BCUT2D eigenvalue weighted by atomic mass is 32.1. The normalized spacial score (nSPS) is 10.6. The van der Waals surface area contributed by atoms with E-state index in [1.807, 2.05) is 30.3 Å². The lowest BCUT2D eigenvalue weighted by Gasteiger charge is -2.04. The number of carbonyl (C=O) groups excluding carboxylic acids is 3. The van der Waals surface area contributed by atoms with Crippen molar-refractivity contribution >= 4 is 34.2 Å². The monoisotopic (exact) mass is 358 g/mol. The Bertz CT molecular complexity index is 823. The number of benzene rings is 1. The van der Waals surface area contributed by atoms with Crippen molar-refractivity contribution in [1.82, 2.24) is 0 Å². The van der Waals surface area contributed by atoms with E-state index in [0.717, 1.165) is 22.1 Å². The van der Waals surface area contributed by atoms with Gasteiger partial charge < -0.3 is 20.0 Å². The summed E-state index contributed by atoms with van der Waals surface area (Å²) in [6.07, 6.45) is 2.06. The standard InChI is InChI=1S/C18H17NO5S/c1-11-13(10-12-6-4-3-5-7-12)25-17(16(11)18(23)24-2)19-14(20)8-9-15(21)22/h3-9H,10H2,1-2H3,(H,19,20)(H,21,22)/p-1. The minimum Gasteiger partial charge on any atom is -0.545 e. The molecule has 0 fully saturated rings. The summed E-state index contributed by atoms with van der Waals surface area (Å²) in [5, 5.41) is 13.2. The zero-order valence-corrected chi connectivity index (χ0v) is 14.5. The number of thiophene rings is 1. The van der Waals surface area contributed by atoms with E-state index in [0.29, 0.717) is 17.5 Å². The highest BCUT2D eigenvalue weighted by Crippen LogP contribution is 2.35. The topological polar surface area (TPSA) is 95.5 Å². The van der Waals surface area contributed by atoms with Gasteiger partial charge in [0.2, 0.25) is 5.91 Å². The van der Waals surface area contributed by atoms with Gasteiger partial charge in [0.25, 0.3) is 0 Å². The molecular formula is C18H16NO5S-. The molecule has 0 spiro atoms. The molecule has 0 saturated carbocycles. The first-order chi connectivity index (χ1) is 11.9. The molecule has 0 aliphatic carbocycles. The first-order valence-electron chi connectivity index (χ1n) is 7.37. The van der Waals surface area contributed by atoms with Gasteiger partial charge in [-0.3, -0.25) is 4.79 Å². The Morgan fingerprint density at radius 1 is 1.20 bits per heavy atom. The van der Waals surface area contributed by atoms with Gasteiger partial charge in [-0.2, -0.15) is 0 Å². The third-order valence-corrected chi connectivity index (χ3v) is 4.66. The lowest BCUT2D eigenvalue weighted by atomic mass is 10.1. The minimum absolute atomic E-state index is 0.272. The number of rotatable bonds is 6. The maximum absolute atomic E-state index is 12.1. The summed E-state index contributed by atoms with van der Waals surface area (Å²) in [4.78, 5) is 35.2. The Hall–Kier alpha value is -2.93. The number of nitrogens with one attached hydrogen (secondary N) is 1. The molecule has 6 nitrogen and oxygen atoms in total. The van der Waals surface area contributed by atoms with Gasteiger partial charge in [0.1, 0.15) is 5.00 Å². The molecule has 130 valence electrons. The van der Waals surface area contributed by atoms with Gasteiger partial charge in [-0.05, 0) is 24.1 Å². The molecular weight excluding hydrogens is 342 g/mol. The Morgan fingerprint density at radius 3 is 2.48 bits per heavy atom. The predicted octanol–water partition coefficient (Wildman–Crippen LogP) is 1.68. The van der Waals surface area contributed by atoms with Crippen molar-refractivity contribution in [2.24, 2.45) is 0 Å². The van der Waals surface area contributed by atoms with Crippen LogP contribution >= 0.6 is 11.3 Å². The number of ether oxygens (including phenoxy) is 1. The molecule has 0 unspecified atom stereocenters. The summed E-state index contributed by atoms with van der Waals surface area (Å²) in [5.74, 6) is -2.70. The number of hydrogen-bond donors (Lipinski definition) is 1. The van der Waals surface area contributed by atoms with Crippen LogP contribution in [0, 0.1) is 6.92 Å². The molecule has 1 N–H and O–H groups in total. The zero-order valence-electron chi connectivity index (χ0n) is 13.7. The number of anilines is 1. The molecule has 1 amide bonds. The second kappa shape index (κ2) is 8.25. The fourth-order valence-corrected chi connectivity index (χ4v) is 3.47. The van der Waals surface area contributed by atoms with E-state index in [1.165, 1.54) is 18.4 Å². The molecule has 2 rings (SSSR count). The van der Waals surface area contributed by atoms with Crippen molar-refractivity contribution in [3.63, 3.8) is 0 Å². The number of methoxy groups -OCH3 is 1. The lowest BCUT2D eigenvalue weighted by molar-refractivity contribution is -0.297. The van der Waals surface area contributed by atoms with Crippen LogP contribution in [0.25, 0.3) is 0 Å². The Morgan fingerprint density at radius 2 is 1.88 bits per heavy atom. The molecule has 0 aliphatic rings. The number of hydrogen-bond acceptors (Lipinski definition) is 6. The zero-order chi connectivity index (χ0) is 18.4. The van der Waals surface area contributed by atoms with Crippen molar-refractivity contribution in [2.75, 3.05) is 12.4 Å². The summed E-state index contributed by atoms with van der Waals surface area (Å²) in [5.41, 5.74) is 2.06. The molecule has 0 radical (unpaired) electrons. The number of carbonyl (C=O) groups is 3. The van der Waals surface area contributed by atoms with Crippen molar-refractivity contribution in [3.8, 4) is 0 Å². The van der Waals surface area contributed by atoms with Crippen LogP contribution in [0.2, 0.25) is 0 Å². The van der Waals surface area contributed by atoms with Crippen molar-refractivity contribution in [1.29, 1.82) is 0 Å². The molecule has 1 aromatic heterocycles. The second-order valence-corrected chi connectivity index (χ2v) is 6.26. The number of carboxylic acids is 1. The van der Waals surface area contributed by atoms with Crippen molar-refractivity contribution in [2.45, 2.75) is 13.3 Å². The van der Waals surface area contributed by atoms with Crippen LogP contribution in [0.5, 0.6) is 0 Å². The van der Waals surface area contributed by atoms with Crippen LogP contribution in [0.1, 0.15) is 26.4 Å². The molecule has 2 aromatic rings. The maximum Gasteiger partial charge on any atom is 0.341 e. The number of amides is 1. The van der Waals surface area contributed by atoms with Gasteiger partial charge in [0, 0.05) is 17.4 Å². The second-order valence-electron chi connectivity index (χ2n) is 5.15. The van der Waals surface area contributed by atoms with Crippen LogP contribution in [0.3, 0.4) is 0 Å². The van der Waals surface area contributed by atoms with E-state index in [1.54, 1.807) is 6.92 Å². The average Bonchev–Trinajstić information content (AvgIpc) is 2.88. The largest absolute Gasteiger partial charge is 0.545 e. The molecule has 0 atom stereocenters. The number of carboxylic acid groups (broad SMARTS) is 1. The fourth-order valence-electron chi connectivity index (χ4n) is 2.24.